The fraction of sp³-hybridized carbons (Fsp3) is 0.333. The Kier molecular flexibility index (Phi) is 4.31. The quantitative estimate of drug-likeness (QED) is 0.893. The van der Waals surface area contributed by atoms with E-state index in [-0.39, 0.29) is 11.4 Å². The fourth-order valence-corrected chi connectivity index (χ4v) is 3.19. The number of rotatable bonds is 5. The molecule has 3 rings (SSSR count). The van der Waals surface area contributed by atoms with Gasteiger partial charge in [-0.05, 0) is 43.2 Å². The Hall–Kier alpha value is -2.00. The van der Waals surface area contributed by atoms with Crippen LogP contribution in [0.2, 0.25) is 0 Å². The van der Waals surface area contributed by atoms with Gasteiger partial charge in [0.25, 0.3) is 0 Å². The van der Waals surface area contributed by atoms with Crippen molar-refractivity contribution in [3.05, 3.63) is 53.6 Å². The van der Waals surface area contributed by atoms with Crippen LogP contribution in [0.1, 0.15) is 35.7 Å². The van der Waals surface area contributed by atoms with E-state index in [0.29, 0.717) is 11.6 Å². The standard InChI is InChI=1S/C15H14F3N3O2S/c16-15(17,18)11-3-5-13(6-4-11)24(22,23)21-8-12-7-14(10-1-2-10)20-9-19-12/h3-7,9-10,21H,1-2,8H2. The van der Waals surface area contributed by atoms with Crippen LogP contribution in [0.5, 0.6) is 0 Å². The lowest BCUT2D eigenvalue weighted by molar-refractivity contribution is -0.137. The van der Waals surface area contributed by atoms with Crippen LogP contribution in [0.15, 0.2) is 41.6 Å². The first-order valence-electron chi connectivity index (χ1n) is 7.23. The van der Waals surface area contributed by atoms with Crippen molar-refractivity contribution in [3.63, 3.8) is 0 Å². The maximum atomic E-state index is 12.5. The molecule has 0 radical (unpaired) electrons. The molecule has 1 heterocycles. The molecular weight excluding hydrogens is 343 g/mol. The second-order valence-electron chi connectivity index (χ2n) is 5.56. The lowest BCUT2D eigenvalue weighted by Gasteiger charge is -2.09. The number of sulfonamides is 1. The largest absolute Gasteiger partial charge is 0.416 e. The molecular formula is C15H14F3N3O2S. The maximum absolute atomic E-state index is 12.5. The Morgan fingerprint density at radius 1 is 1.12 bits per heavy atom. The summed E-state index contributed by atoms with van der Waals surface area (Å²) in [4.78, 5) is 7.92. The molecule has 0 atom stereocenters. The van der Waals surface area contributed by atoms with Gasteiger partial charge in [-0.2, -0.15) is 13.2 Å². The first-order valence-corrected chi connectivity index (χ1v) is 8.72. The smallest absolute Gasteiger partial charge is 0.241 e. The molecule has 1 aromatic carbocycles. The van der Waals surface area contributed by atoms with Gasteiger partial charge in [0, 0.05) is 11.6 Å². The van der Waals surface area contributed by atoms with Gasteiger partial charge < -0.3 is 0 Å². The van der Waals surface area contributed by atoms with Crippen molar-refractivity contribution in [2.24, 2.45) is 0 Å². The predicted molar refractivity (Wildman–Crippen MR) is 79.5 cm³/mol. The predicted octanol–water partition coefficient (Wildman–Crippen LogP) is 2.85. The number of alkyl halides is 3. The highest BCUT2D eigenvalue weighted by Gasteiger charge is 2.30. The minimum absolute atomic E-state index is 0.0500. The van der Waals surface area contributed by atoms with E-state index in [1.54, 1.807) is 6.07 Å². The molecule has 24 heavy (non-hydrogen) atoms. The van der Waals surface area contributed by atoms with E-state index in [9.17, 15) is 21.6 Å². The summed E-state index contributed by atoms with van der Waals surface area (Å²) in [6, 6.07) is 5.09. The van der Waals surface area contributed by atoms with Crippen molar-refractivity contribution in [1.82, 2.24) is 14.7 Å². The van der Waals surface area contributed by atoms with Crippen molar-refractivity contribution in [3.8, 4) is 0 Å². The summed E-state index contributed by atoms with van der Waals surface area (Å²) in [5, 5.41) is 0. The number of hydrogen-bond donors (Lipinski definition) is 1. The van der Waals surface area contributed by atoms with E-state index in [1.807, 2.05) is 0 Å². The van der Waals surface area contributed by atoms with Crippen LogP contribution in [-0.4, -0.2) is 18.4 Å². The van der Waals surface area contributed by atoms with Gasteiger partial charge in [-0.25, -0.2) is 23.1 Å². The third-order valence-electron chi connectivity index (χ3n) is 3.68. The minimum atomic E-state index is -4.50. The third-order valence-corrected chi connectivity index (χ3v) is 5.09. The van der Waals surface area contributed by atoms with Crippen molar-refractivity contribution in [2.75, 3.05) is 0 Å². The van der Waals surface area contributed by atoms with Gasteiger partial charge in [0.05, 0.1) is 22.7 Å². The normalized spacial score (nSPS) is 15.5. The summed E-state index contributed by atoms with van der Waals surface area (Å²) in [6.45, 7) is -0.0500. The molecule has 1 saturated carbocycles. The number of nitrogens with one attached hydrogen (secondary N) is 1. The average molecular weight is 357 g/mol. The molecule has 2 aromatic rings. The molecule has 1 aromatic heterocycles. The summed E-state index contributed by atoms with van der Waals surface area (Å²) in [5.74, 6) is 0.415. The van der Waals surface area contributed by atoms with Gasteiger partial charge in [-0.1, -0.05) is 0 Å². The van der Waals surface area contributed by atoms with Gasteiger partial charge in [0.15, 0.2) is 0 Å². The van der Waals surface area contributed by atoms with Gasteiger partial charge in [-0.3, -0.25) is 0 Å². The minimum Gasteiger partial charge on any atom is -0.241 e. The fourth-order valence-electron chi connectivity index (χ4n) is 2.19. The Labute approximate surface area is 137 Å². The van der Waals surface area contributed by atoms with Crippen molar-refractivity contribution < 1.29 is 21.6 Å². The van der Waals surface area contributed by atoms with Crippen LogP contribution in [0.25, 0.3) is 0 Å². The summed E-state index contributed by atoms with van der Waals surface area (Å²) in [7, 11) is -3.92. The van der Waals surface area contributed by atoms with Crippen molar-refractivity contribution >= 4 is 10.0 Å². The number of hydrogen-bond acceptors (Lipinski definition) is 4. The first-order chi connectivity index (χ1) is 11.3. The highest BCUT2D eigenvalue weighted by Crippen LogP contribution is 2.38. The molecule has 5 nitrogen and oxygen atoms in total. The third kappa shape index (κ3) is 3.90. The van der Waals surface area contributed by atoms with Crippen LogP contribution in [0, 0.1) is 0 Å². The second kappa shape index (κ2) is 6.14. The number of halogens is 3. The van der Waals surface area contributed by atoms with Crippen LogP contribution in [0.4, 0.5) is 13.2 Å². The number of nitrogens with zero attached hydrogens (tertiary/aromatic N) is 2. The van der Waals surface area contributed by atoms with Crippen LogP contribution in [-0.2, 0) is 22.7 Å². The van der Waals surface area contributed by atoms with Gasteiger partial charge in [0.1, 0.15) is 6.33 Å². The zero-order valence-corrected chi connectivity index (χ0v) is 13.2. The Balaban J connectivity index is 1.70. The van der Waals surface area contributed by atoms with Crippen molar-refractivity contribution in [1.29, 1.82) is 0 Å². The highest BCUT2D eigenvalue weighted by atomic mass is 32.2. The second-order valence-corrected chi connectivity index (χ2v) is 7.32. The monoisotopic (exact) mass is 357 g/mol. The molecule has 1 fully saturated rings. The van der Waals surface area contributed by atoms with E-state index in [4.69, 9.17) is 0 Å². The molecule has 128 valence electrons. The average Bonchev–Trinajstić information content (AvgIpc) is 3.38. The van der Waals surface area contributed by atoms with Gasteiger partial charge in [0.2, 0.25) is 10.0 Å². The molecule has 0 unspecified atom stereocenters. The highest BCUT2D eigenvalue weighted by molar-refractivity contribution is 7.89. The van der Waals surface area contributed by atoms with Crippen molar-refractivity contribution in [2.45, 2.75) is 36.4 Å². The SMILES string of the molecule is O=S(=O)(NCc1cc(C2CC2)ncn1)c1ccc(C(F)(F)F)cc1. The first kappa shape index (κ1) is 16.8. The molecule has 1 N–H and O–H groups in total. The van der Waals surface area contributed by atoms with Crippen LogP contribution < -0.4 is 4.72 Å². The summed E-state index contributed by atoms with van der Waals surface area (Å²) in [5.41, 5.74) is 0.502. The molecule has 0 saturated heterocycles. The molecule has 1 aliphatic carbocycles. The maximum Gasteiger partial charge on any atom is 0.416 e. The molecule has 0 amide bonds. The molecule has 1 aliphatic rings. The molecule has 0 aliphatic heterocycles. The van der Waals surface area contributed by atoms with Gasteiger partial charge in [-0.15, -0.1) is 0 Å². The van der Waals surface area contributed by atoms with E-state index in [1.165, 1.54) is 6.33 Å². The number of aromatic nitrogens is 2. The van der Waals surface area contributed by atoms with Gasteiger partial charge >= 0.3 is 6.18 Å². The molecule has 0 bridgehead atoms. The lowest BCUT2D eigenvalue weighted by Crippen LogP contribution is -2.24. The topological polar surface area (TPSA) is 72.0 Å². The molecule has 0 spiro atoms. The lowest BCUT2D eigenvalue weighted by atomic mass is 10.2. The zero-order chi connectivity index (χ0) is 17.4. The van der Waals surface area contributed by atoms with Crippen LogP contribution in [0.3, 0.4) is 0 Å². The van der Waals surface area contributed by atoms with E-state index in [0.717, 1.165) is 42.8 Å². The Bertz CT molecular complexity index is 832. The van der Waals surface area contributed by atoms with E-state index < -0.39 is 21.8 Å². The zero-order valence-electron chi connectivity index (χ0n) is 12.4. The summed E-state index contributed by atoms with van der Waals surface area (Å²) >= 11 is 0. The van der Waals surface area contributed by atoms with E-state index in [2.05, 4.69) is 14.7 Å². The summed E-state index contributed by atoms with van der Waals surface area (Å²) in [6.07, 6.45) is -0.993. The molecule has 9 heteroatoms. The Morgan fingerprint density at radius 3 is 2.38 bits per heavy atom. The number of benzene rings is 1. The summed E-state index contributed by atoms with van der Waals surface area (Å²) < 4.78 is 64.2. The Morgan fingerprint density at radius 2 is 1.79 bits per heavy atom. The van der Waals surface area contributed by atoms with E-state index >= 15 is 0 Å². The van der Waals surface area contributed by atoms with Crippen LogP contribution >= 0.6 is 0 Å².